The standard InChI is InChI=1S/C14H14F4N2O2/c1-2-3-4-5-11(21)20-10-6-7-12(19-8-10)22-9-14(17,18)13(15)16/h2-8,13H,9H2,1H3,(H,20,21). The summed E-state index contributed by atoms with van der Waals surface area (Å²) < 4.78 is 53.7. The first kappa shape index (κ1) is 17.7. The molecular weight excluding hydrogens is 304 g/mol. The van der Waals surface area contributed by atoms with Gasteiger partial charge in [0, 0.05) is 12.1 Å². The molecule has 0 aliphatic carbocycles. The molecule has 4 nitrogen and oxygen atoms in total. The van der Waals surface area contributed by atoms with Crippen LogP contribution >= 0.6 is 0 Å². The van der Waals surface area contributed by atoms with Crippen LogP contribution in [0.3, 0.4) is 0 Å². The quantitative estimate of drug-likeness (QED) is 0.476. The van der Waals surface area contributed by atoms with Crippen molar-refractivity contribution >= 4 is 11.6 Å². The third kappa shape index (κ3) is 5.94. The number of halogens is 4. The third-order valence-corrected chi connectivity index (χ3v) is 2.29. The van der Waals surface area contributed by atoms with Crippen LogP contribution in [-0.4, -0.2) is 29.8 Å². The van der Waals surface area contributed by atoms with E-state index in [1.165, 1.54) is 24.3 Å². The molecule has 1 aromatic rings. The number of rotatable bonds is 7. The highest BCUT2D eigenvalue weighted by atomic mass is 19.3. The van der Waals surface area contributed by atoms with E-state index in [9.17, 15) is 22.4 Å². The minimum atomic E-state index is -4.24. The highest BCUT2D eigenvalue weighted by molar-refractivity contribution is 5.99. The van der Waals surface area contributed by atoms with Crippen molar-refractivity contribution in [2.75, 3.05) is 11.9 Å². The maximum atomic E-state index is 12.7. The number of hydrogen-bond donors (Lipinski definition) is 1. The molecule has 0 unspecified atom stereocenters. The first-order valence-corrected chi connectivity index (χ1v) is 6.20. The van der Waals surface area contributed by atoms with Crippen LogP contribution in [0.4, 0.5) is 23.2 Å². The van der Waals surface area contributed by atoms with Gasteiger partial charge in [0.2, 0.25) is 11.8 Å². The summed E-state index contributed by atoms with van der Waals surface area (Å²) in [6, 6.07) is 2.54. The lowest BCUT2D eigenvalue weighted by atomic mass is 10.3. The Hall–Kier alpha value is -2.38. The number of ether oxygens (including phenoxy) is 1. The average Bonchev–Trinajstić information content (AvgIpc) is 2.47. The van der Waals surface area contributed by atoms with Gasteiger partial charge >= 0.3 is 12.3 Å². The zero-order valence-electron chi connectivity index (χ0n) is 11.6. The number of anilines is 1. The second-order valence-corrected chi connectivity index (χ2v) is 4.11. The number of aromatic nitrogens is 1. The van der Waals surface area contributed by atoms with E-state index in [4.69, 9.17) is 0 Å². The molecule has 0 aromatic carbocycles. The Morgan fingerprint density at radius 2 is 2.14 bits per heavy atom. The van der Waals surface area contributed by atoms with E-state index < -0.39 is 24.9 Å². The summed E-state index contributed by atoms with van der Waals surface area (Å²) >= 11 is 0. The summed E-state index contributed by atoms with van der Waals surface area (Å²) in [7, 11) is 0. The number of nitrogens with one attached hydrogen (secondary N) is 1. The fourth-order valence-electron chi connectivity index (χ4n) is 1.21. The van der Waals surface area contributed by atoms with Gasteiger partial charge in [-0.3, -0.25) is 4.79 Å². The molecule has 0 saturated carbocycles. The largest absolute Gasteiger partial charge is 0.471 e. The molecule has 8 heteroatoms. The van der Waals surface area contributed by atoms with Crippen LogP contribution in [0.5, 0.6) is 5.88 Å². The summed E-state index contributed by atoms with van der Waals surface area (Å²) in [6.45, 7) is 0.317. The number of amides is 1. The molecule has 1 heterocycles. The Bertz CT molecular complexity index is 542. The van der Waals surface area contributed by atoms with Crippen LogP contribution in [0.1, 0.15) is 6.92 Å². The van der Waals surface area contributed by atoms with Gasteiger partial charge in [0.25, 0.3) is 0 Å². The number of carbonyl (C=O) groups excluding carboxylic acids is 1. The van der Waals surface area contributed by atoms with Gasteiger partial charge in [-0.15, -0.1) is 0 Å². The topological polar surface area (TPSA) is 51.2 Å². The normalized spacial score (nSPS) is 12.3. The minimum Gasteiger partial charge on any atom is -0.471 e. The molecule has 0 radical (unpaired) electrons. The first-order chi connectivity index (χ1) is 10.3. The van der Waals surface area contributed by atoms with Crippen LogP contribution in [0, 0.1) is 0 Å². The lowest BCUT2D eigenvalue weighted by Gasteiger charge is -2.15. The van der Waals surface area contributed by atoms with Crippen LogP contribution in [0.15, 0.2) is 42.6 Å². The van der Waals surface area contributed by atoms with Gasteiger partial charge in [0.15, 0.2) is 6.61 Å². The van der Waals surface area contributed by atoms with Crippen LogP contribution in [0.25, 0.3) is 0 Å². The van der Waals surface area contributed by atoms with Crippen molar-refractivity contribution in [2.24, 2.45) is 0 Å². The number of carbonyl (C=O) groups is 1. The number of allylic oxidation sites excluding steroid dienone is 3. The Labute approximate surface area is 124 Å². The predicted octanol–water partition coefficient (Wildman–Crippen LogP) is 3.43. The fraction of sp³-hybridized carbons (Fsp3) is 0.286. The molecule has 1 rings (SSSR count). The van der Waals surface area contributed by atoms with E-state index in [1.54, 1.807) is 19.1 Å². The van der Waals surface area contributed by atoms with Gasteiger partial charge in [-0.1, -0.05) is 18.2 Å². The molecule has 0 fully saturated rings. The number of nitrogens with zero attached hydrogens (tertiary/aromatic N) is 1. The summed E-state index contributed by atoms with van der Waals surface area (Å²) in [6.07, 6.45) is 3.58. The van der Waals surface area contributed by atoms with Crippen molar-refractivity contribution in [3.63, 3.8) is 0 Å². The zero-order chi connectivity index (χ0) is 16.6. The average molecular weight is 318 g/mol. The van der Waals surface area contributed by atoms with E-state index in [0.717, 1.165) is 6.20 Å². The molecule has 1 amide bonds. The molecule has 0 spiro atoms. The summed E-state index contributed by atoms with van der Waals surface area (Å²) in [4.78, 5) is 15.1. The van der Waals surface area contributed by atoms with Crippen molar-refractivity contribution in [2.45, 2.75) is 19.3 Å². The monoisotopic (exact) mass is 318 g/mol. The molecule has 1 aromatic heterocycles. The minimum absolute atomic E-state index is 0.247. The SMILES string of the molecule is CC=CC=CC(=O)Nc1ccc(OCC(F)(F)C(F)F)nc1. The highest BCUT2D eigenvalue weighted by Gasteiger charge is 2.41. The van der Waals surface area contributed by atoms with Gasteiger partial charge in [-0.25, -0.2) is 13.8 Å². The van der Waals surface area contributed by atoms with Gasteiger partial charge in [-0.2, -0.15) is 8.78 Å². The van der Waals surface area contributed by atoms with Crippen molar-refractivity contribution in [3.05, 3.63) is 42.6 Å². The van der Waals surface area contributed by atoms with Crippen LogP contribution in [-0.2, 0) is 4.79 Å². The van der Waals surface area contributed by atoms with E-state index in [0.29, 0.717) is 5.69 Å². The molecule has 0 bridgehead atoms. The van der Waals surface area contributed by atoms with Crippen molar-refractivity contribution in [3.8, 4) is 5.88 Å². The van der Waals surface area contributed by atoms with Crippen LogP contribution < -0.4 is 10.1 Å². The number of pyridine rings is 1. The molecule has 120 valence electrons. The van der Waals surface area contributed by atoms with Gasteiger partial charge in [-0.05, 0) is 13.0 Å². The van der Waals surface area contributed by atoms with Crippen molar-refractivity contribution in [1.82, 2.24) is 4.98 Å². The van der Waals surface area contributed by atoms with Gasteiger partial charge in [0.05, 0.1) is 11.9 Å². The number of alkyl halides is 4. The molecule has 1 N–H and O–H groups in total. The number of hydrogen-bond acceptors (Lipinski definition) is 3. The van der Waals surface area contributed by atoms with Gasteiger partial charge in [0.1, 0.15) is 0 Å². The highest BCUT2D eigenvalue weighted by Crippen LogP contribution is 2.23. The second-order valence-electron chi connectivity index (χ2n) is 4.11. The lowest BCUT2D eigenvalue weighted by molar-refractivity contribution is -0.148. The van der Waals surface area contributed by atoms with Crippen molar-refractivity contribution < 1.29 is 27.1 Å². The molecule has 22 heavy (non-hydrogen) atoms. The Kier molecular flexibility index (Phi) is 6.55. The molecule has 0 atom stereocenters. The Morgan fingerprint density at radius 3 is 2.68 bits per heavy atom. The predicted molar refractivity (Wildman–Crippen MR) is 73.3 cm³/mol. The smallest absolute Gasteiger partial charge is 0.340 e. The van der Waals surface area contributed by atoms with Gasteiger partial charge < -0.3 is 10.1 Å². The lowest BCUT2D eigenvalue weighted by Crippen LogP contribution is -2.33. The maximum Gasteiger partial charge on any atom is 0.340 e. The second kappa shape index (κ2) is 8.16. The Morgan fingerprint density at radius 1 is 1.41 bits per heavy atom. The zero-order valence-corrected chi connectivity index (χ0v) is 11.6. The Balaban J connectivity index is 2.55. The van der Waals surface area contributed by atoms with Crippen LogP contribution in [0.2, 0.25) is 0 Å². The summed E-state index contributed by atoms with van der Waals surface area (Å²) in [5.41, 5.74) is 0.308. The molecule has 0 saturated heterocycles. The van der Waals surface area contributed by atoms with Crippen molar-refractivity contribution in [1.29, 1.82) is 0 Å². The molecule has 0 aliphatic heterocycles. The fourth-order valence-corrected chi connectivity index (χ4v) is 1.21. The van der Waals surface area contributed by atoms with E-state index in [1.807, 2.05) is 0 Å². The maximum absolute atomic E-state index is 12.7. The summed E-state index contributed by atoms with van der Waals surface area (Å²) in [5, 5.41) is 2.47. The summed E-state index contributed by atoms with van der Waals surface area (Å²) in [5.74, 6) is -4.90. The third-order valence-electron chi connectivity index (χ3n) is 2.29. The van der Waals surface area contributed by atoms with E-state index >= 15 is 0 Å². The van der Waals surface area contributed by atoms with E-state index in [2.05, 4.69) is 15.0 Å². The molecule has 0 aliphatic rings. The molecular formula is C14H14F4N2O2. The first-order valence-electron chi connectivity index (χ1n) is 6.20. The van der Waals surface area contributed by atoms with E-state index in [-0.39, 0.29) is 5.88 Å².